The van der Waals surface area contributed by atoms with Crippen molar-refractivity contribution in [3.8, 4) is 0 Å². The van der Waals surface area contributed by atoms with Crippen LogP contribution >= 0.6 is 0 Å². The molecular formula is C13H20N2O2. The molecule has 0 radical (unpaired) electrons. The summed E-state index contributed by atoms with van der Waals surface area (Å²) in [6.07, 6.45) is 2.77. The van der Waals surface area contributed by atoms with Gasteiger partial charge in [-0.3, -0.25) is 0 Å². The molecule has 0 amide bonds. The van der Waals surface area contributed by atoms with Crippen LogP contribution in [0, 0.1) is 0 Å². The molecule has 94 valence electrons. The first-order valence-corrected chi connectivity index (χ1v) is 6.09. The van der Waals surface area contributed by atoms with Gasteiger partial charge in [-0.1, -0.05) is 0 Å². The van der Waals surface area contributed by atoms with E-state index in [-0.39, 0.29) is 0 Å². The van der Waals surface area contributed by atoms with E-state index < -0.39 is 11.7 Å². The normalized spacial score (nSPS) is 21.3. The highest BCUT2D eigenvalue weighted by molar-refractivity contribution is 5.42. The lowest BCUT2D eigenvalue weighted by Crippen LogP contribution is -2.42. The van der Waals surface area contributed by atoms with Crippen LogP contribution in [0.3, 0.4) is 0 Å². The summed E-state index contributed by atoms with van der Waals surface area (Å²) >= 11 is 0. The molecule has 1 aliphatic rings. The maximum atomic E-state index is 9.89. The molecule has 2 rings (SSSR count). The van der Waals surface area contributed by atoms with Gasteiger partial charge in [0.2, 0.25) is 0 Å². The molecule has 4 heteroatoms. The smallest absolute Gasteiger partial charge is 0.128 e. The summed E-state index contributed by atoms with van der Waals surface area (Å²) in [6, 6.07) is 3.75. The summed E-state index contributed by atoms with van der Waals surface area (Å²) in [5.41, 5.74) is 0.339. The number of anilines is 1. The van der Waals surface area contributed by atoms with Crippen LogP contribution < -0.4 is 4.90 Å². The highest BCUT2D eigenvalue weighted by atomic mass is 16.3. The van der Waals surface area contributed by atoms with Gasteiger partial charge in [-0.05, 0) is 44.4 Å². The van der Waals surface area contributed by atoms with Crippen LogP contribution in [-0.2, 0) is 0 Å². The molecule has 1 aromatic heterocycles. The van der Waals surface area contributed by atoms with Crippen molar-refractivity contribution in [1.29, 1.82) is 0 Å². The van der Waals surface area contributed by atoms with Crippen LogP contribution in [0.2, 0.25) is 0 Å². The third-order valence-corrected chi connectivity index (χ3v) is 3.42. The molecule has 1 fully saturated rings. The molecule has 0 bridgehead atoms. The molecule has 0 unspecified atom stereocenters. The highest BCUT2D eigenvalue weighted by Gasteiger charge is 2.27. The van der Waals surface area contributed by atoms with E-state index in [4.69, 9.17) is 0 Å². The third kappa shape index (κ3) is 2.96. The summed E-state index contributed by atoms with van der Waals surface area (Å²) in [5, 5.41) is 19.4. The predicted molar refractivity (Wildman–Crippen MR) is 66.9 cm³/mol. The summed E-state index contributed by atoms with van der Waals surface area (Å²) in [7, 11) is 0. The number of aliphatic hydroxyl groups is 2. The number of rotatable bonds is 2. The Labute approximate surface area is 102 Å². The van der Waals surface area contributed by atoms with Crippen molar-refractivity contribution in [2.24, 2.45) is 0 Å². The van der Waals surface area contributed by atoms with Gasteiger partial charge in [-0.25, -0.2) is 4.98 Å². The zero-order valence-corrected chi connectivity index (χ0v) is 10.4. The Morgan fingerprint density at radius 1 is 1.41 bits per heavy atom. The fraction of sp³-hybridized carbons (Fsp3) is 0.615. The van der Waals surface area contributed by atoms with Gasteiger partial charge in [0.1, 0.15) is 5.82 Å². The van der Waals surface area contributed by atoms with E-state index in [1.807, 2.05) is 19.1 Å². The first kappa shape index (κ1) is 12.3. The monoisotopic (exact) mass is 236 g/mol. The molecule has 1 saturated heterocycles. The minimum atomic E-state index is -0.543. The fourth-order valence-electron chi connectivity index (χ4n) is 2.08. The average molecular weight is 236 g/mol. The Bertz CT molecular complexity index is 381. The lowest BCUT2D eigenvalue weighted by molar-refractivity contribution is 0.0350. The molecule has 2 N–H and O–H groups in total. The lowest BCUT2D eigenvalue weighted by atomic mass is 9.94. The molecule has 0 aliphatic carbocycles. The van der Waals surface area contributed by atoms with Gasteiger partial charge >= 0.3 is 0 Å². The molecule has 0 saturated carbocycles. The first-order chi connectivity index (χ1) is 7.98. The largest absolute Gasteiger partial charge is 0.390 e. The van der Waals surface area contributed by atoms with Crippen LogP contribution in [0.1, 0.15) is 38.4 Å². The molecule has 17 heavy (non-hydrogen) atoms. The van der Waals surface area contributed by atoms with E-state index >= 15 is 0 Å². The van der Waals surface area contributed by atoms with Gasteiger partial charge in [-0.2, -0.15) is 0 Å². The standard InChI is InChI=1S/C13H20N2O2/c1-10(16)11-3-6-14-12(9-11)15-7-4-13(2,17)5-8-15/h3,6,9-10,16-17H,4-5,7-8H2,1-2H3/t10-/m0/s1. The topological polar surface area (TPSA) is 56.6 Å². The van der Waals surface area contributed by atoms with E-state index in [2.05, 4.69) is 9.88 Å². The first-order valence-electron chi connectivity index (χ1n) is 6.09. The van der Waals surface area contributed by atoms with Crippen molar-refractivity contribution in [1.82, 2.24) is 4.98 Å². The molecule has 1 aliphatic heterocycles. The Hall–Kier alpha value is -1.13. The summed E-state index contributed by atoms with van der Waals surface area (Å²) in [5.74, 6) is 0.888. The zero-order chi connectivity index (χ0) is 12.5. The second-order valence-electron chi connectivity index (χ2n) is 5.11. The quantitative estimate of drug-likeness (QED) is 0.816. The molecule has 4 nitrogen and oxygen atoms in total. The average Bonchev–Trinajstić information content (AvgIpc) is 2.29. The maximum absolute atomic E-state index is 9.89. The Morgan fingerprint density at radius 2 is 2.06 bits per heavy atom. The van der Waals surface area contributed by atoms with Crippen LogP contribution in [0.15, 0.2) is 18.3 Å². The van der Waals surface area contributed by atoms with Crippen LogP contribution in [0.4, 0.5) is 5.82 Å². The van der Waals surface area contributed by atoms with Crippen molar-refractivity contribution in [2.45, 2.75) is 38.4 Å². The number of aromatic nitrogens is 1. The van der Waals surface area contributed by atoms with Crippen molar-refractivity contribution >= 4 is 5.82 Å². The number of pyridine rings is 1. The predicted octanol–water partition coefficient (Wildman–Crippen LogP) is 1.49. The summed E-state index contributed by atoms with van der Waals surface area (Å²) in [6.45, 7) is 5.25. The number of piperidine rings is 1. The number of nitrogens with zero attached hydrogens (tertiary/aromatic N) is 2. The van der Waals surface area contributed by atoms with Gasteiger partial charge in [0, 0.05) is 19.3 Å². The van der Waals surface area contributed by atoms with Crippen LogP contribution in [0.5, 0.6) is 0 Å². The van der Waals surface area contributed by atoms with E-state index in [1.165, 1.54) is 0 Å². The van der Waals surface area contributed by atoms with E-state index in [0.717, 1.165) is 37.3 Å². The summed E-state index contributed by atoms with van der Waals surface area (Å²) in [4.78, 5) is 6.48. The molecule has 0 aromatic carbocycles. The van der Waals surface area contributed by atoms with Crippen molar-refractivity contribution in [3.63, 3.8) is 0 Å². The Morgan fingerprint density at radius 3 is 2.65 bits per heavy atom. The minimum absolute atomic E-state index is 0.468. The van der Waals surface area contributed by atoms with Crippen LogP contribution in [0.25, 0.3) is 0 Å². The van der Waals surface area contributed by atoms with Gasteiger partial charge in [0.05, 0.1) is 11.7 Å². The van der Waals surface area contributed by atoms with Crippen molar-refractivity contribution in [3.05, 3.63) is 23.9 Å². The SMILES string of the molecule is C[C@H](O)c1ccnc(N2CCC(C)(O)CC2)c1. The summed E-state index contributed by atoms with van der Waals surface area (Å²) < 4.78 is 0. The Kier molecular flexibility index (Phi) is 3.35. The maximum Gasteiger partial charge on any atom is 0.128 e. The van der Waals surface area contributed by atoms with Crippen molar-refractivity contribution < 1.29 is 10.2 Å². The van der Waals surface area contributed by atoms with E-state index in [0.29, 0.717) is 0 Å². The van der Waals surface area contributed by atoms with Crippen molar-refractivity contribution in [2.75, 3.05) is 18.0 Å². The molecule has 0 spiro atoms. The molecule has 1 atom stereocenters. The van der Waals surface area contributed by atoms with Gasteiger partial charge in [0.15, 0.2) is 0 Å². The van der Waals surface area contributed by atoms with E-state index in [9.17, 15) is 10.2 Å². The zero-order valence-electron chi connectivity index (χ0n) is 10.4. The second kappa shape index (κ2) is 4.63. The van der Waals surface area contributed by atoms with Gasteiger partial charge in [-0.15, -0.1) is 0 Å². The number of aliphatic hydroxyl groups excluding tert-OH is 1. The fourth-order valence-corrected chi connectivity index (χ4v) is 2.08. The minimum Gasteiger partial charge on any atom is -0.390 e. The number of hydrogen-bond acceptors (Lipinski definition) is 4. The lowest BCUT2D eigenvalue weighted by Gasteiger charge is -2.36. The van der Waals surface area contributed by atoms with Gasteiger partial charge in [0.25, 0.3) is 0 Å². The highest BCUT2D eigenvalue weighted by Crippen LogP contribution is 2.25. The molecular weight excluding hydrogens is 216 g/mol. The third-order valence-electron chi connectivity index (χ3n) is 3.42. The second-order valence-corrected chi connectivity index (χ2v) is 5.11. The van der Waals surface area contributed by atoms with E-state index in [1.54, 1.807) is 13.1 Å². The van der Waals surface area contributed by atoms with Gasteiger partial charge < -0.3 is 15.1 Å². The Balaban J connectivity index is 2.10. The number of hydrogen-bond donors (Lipinski definition) is 2. The van der Waals surface area contributed by atoms with Crippen LogP contribution in [-0.4, -0.2) is 33.9 Å². The molecule has 1 aromatic rings. The molecule has 2 heterocycles.